The molecule has 1 aromatic heterocycles. The number of ether oxygens (including phenoxy) is 1. The van der Waals surface area contributed by atoms with Crippen LogP contribution in [0.1, 0.15) is 43.0 Å². The van der Waals surface area contributed by atoms with Gasteiger partial charge in [-0.2, -0.15) is 15.4 Å². The van der Waals surface area contributed by atoms with Crippen LogP contribution in [0.25, 0.3) is 0 Å². The number of H-pyrrole nitrogens is 1. The molecule has 0 aliphatic rings. The van der Waals surface area contributed by atoms with Crippen molar-refractivity contribution in [2.24, 2.45) is 0 Å². The predicted octanol–water partition coefficient (Wildman–Crippen LogP) is 3.90. The second-order valence-electron chi connectivity index (χ2n) is 4.84. The van der Waals surface area contributed by atoms with Gasteiger partial charge in [-0.25, -0.2) is 0 Å². The van der Waals surface area contributed by atoms with Crippen molar-refractivity contribution in [2.75, 3.05) is 6.61 Å². The van der Waals surface area contributed by atoms with E-state index in [9.17, 15) is 0 Å². The third-order valence-corrected chi connectivity index (χ3v) is 3.85. The third kappa shape index (κ3) is 3.31. The van der Waals surface area contributed by atoms with Crippen molar-refractivity contribution >= 4 is 11.6 Å². The summed E-state index contributed by atoms with van der Waals surface area (Å²) in [6.07, 6.45) is 3.58. The minimum Gasteiger partial charge on any atom is -0.494 e. The second-order valence-corrected chi connectivity index (χ2v) is 5.25. The van der Waals surface area contributed by atoms with E-state index in [2.05, 4.69) is 22.3 Å². The van der Waals surface area contributed by atoms with Crippen molar-refractivity contribution in [3.63, 3.8) is 0 Å². The maximum atomic E-state index is 6.28. The number of benzene rings is 1. The summed E-state index contributed by atoms with van der Waals surface area (Å²) in [6.45, 7) is 6.79. The highest BCUT2D eigenvalue weighted by Crippen LogP contribution is 2.35. The molecule has 0 aliphatic heterocycles. The zero-order valence-corrected chi connectivity index (χ0v) is 12.9. The molecule has 5 heteroatoms. The predicted molar refractivity (Wildman–Crippen MR) is 80.5 cm³/mol. The third-order valence-electron chi connectivity index (χ3n) is 3.44. The molecule has 1 aromatic carbocycles. The summed E-state index contributed by atoms with van der Waals surface area (Å²) in [6, 6.07) is 4.04. The Balaban J connectivity index is 2.34. The largest absolute Gasteiger partial charge is 0.494 e. The molecule has 1 unspecified atom stereocenters. The van der Waals surface area contributed by atoms with E-state index in [4.69, 9.17) is 16.3 Å². The summed E-state index contributed by atoms with van der Waals surface area (Å²) in [7, 11) is 0. The molecule has 0 radical (unpaired) electrons. The van der Waals surface area contributed by atoms with Crippen molar-refractivity contribution in [3.05, 3.63) is 40.2 Å². The van der Waals surface area contributed by atoms with Crippen LogP contribution in [0.3, 0.4) is 0 Å². The Bertz CT molecular complexity index is 554. The smallest absolute Gasteiger partial charge is 0.123 e. The first kappa shape index (κ1) is 14.9. The number of hydrogen-bond acceptors (Lipinski definition) is 3. The Morgan fingerprint density at radius 2 is 2.15 bits per heavy atom. The number of nitrogens with zero attached hydrogens (tertiary/aromatic N) is 2. The van der Waals surface area contributed by atoms with Crippen molar-refractivity contribution in [3.8, 4) is 5.75 Å². The van der Waals surface area contributed by atoms with E-state index in [1.165, 1.54) is 0 Å². The quantitative estimate of drug-likeness (QED) is 0.879. The van der Waals surface area contributed by atoms with Gasteiger partial charge in [-0.15, -0.1) is 0 Å². The average molecular weight is 294 g/mol. The summed E-state index contributed by atoms with van der Waals surface area (Å²) in [5.41, 5.74) is 3.14. The number of hydrogen-bond donors (Lipinski definition) is 1. The first-order chi connectivity index (χ1) is 9.65. The van der Waals surface area contributed by atoms with Crippen LogP contribution in [0.2, 0.25) is 5.02 Å². The first-order valence-corrected chi connectivity index (χ1v) is 7.31. The molecule has 0 saturated heterocycles. The minimum absolute atomic E-state index is 0.319. The Kier molecular flexibility index (Phi) is 5.01. The molecule has 0 amide bonds. The molecule has 0 bridgehead atoms. The molecular weight excluding hydrogens is 274 g/mol. The number of halogens is 1. The molecule has 0 fully saturated rings. The Hall–Kier alpha value is -1.55. The molecular formula is C15H20ClN3O. The van der Waals surface area contributed by atoms with Crippen LogP contribution >= 0.6 is 11.6 Å². The Morgan fingerprint density at radius 1 is 1.35 bits per heavy atom. The zero-order chi connectivity index (χ0) is 14.5. The van der Waals surface area contributed by atoms with Crippen LogP contribution in [0.15, 0.2) is 18.3 Å². The second kappa shape index (κ2) is 6.75. The van der Waals surface area contributed by atoms with Gasteiger partial charge in [-0.1, -0.05) is 18.5 Å². The standard InChI is InChI=1S/C15H20ClN3O/c1-4-11(7-12-9-17-19-18-12)13-8-14(16)10(3)6-15(13)20-5-2/h6,8-9,11H,4-5,7H2,1-3H3,(H,17,18,19). The average Bonchev–Trinajstić information content (AvgIpc) is 2.93. The van der Waals surface area contributed by atoms with E-state index in [0.717, 1.165) is 40.4 Å². The van der Waals surface area contributed by atoms with E-state index < -0.39 is 0 Å². The summed E-state index contributed by atoms with van der Waals surface area (Å²) in [4.78, 5) is 0. The van der Waals surface area contributed by atoms with Crippen molar-refractivity contribution in [1.29, 1.82) is 0 Å². The highest BCUT2D eigenvalue weighted by atomic mass is 35.5. The van der Waals surface area contributed by atoms with Gasteiger partial charge in [0.15, 0.2) is 0 Å². The van der Waals surface area contributed by atoms with Crippen molar-refractivity contribution in [1.82, 2.24) is 15.4 Å². The fourth-order valence-electron chi connectivity index (χ4n) is 2.32. The summed E-state index contributed by atoms with van der Waals surface area (Å²) < 4.78 is 5.77. The number of nitrogens with one attached hydrogen (secondary N) is 1. The van der Waals surface area contributed by atoms with E-state index >= 15 is 0 Å². The fourth-order valence-corrected chi connectivity index (χ4v) is 2.49. The van der Waals surface area contributed by atoms with E-state index in [1.54, 1.807) is 6.20 Å². The molecule has 0 spiro atoms. The monoisotopic (exact) mass is 293 g/mol. The number of rotatable bonds is 6. The summed E-state index contributed by atoms with van der Waals surface area (Å²) >= 11 is 6.28. The Morgan fingerprint density at radius 3 is 2.75 bits per heavy atom. The van der Waals surface area contributed by atoms with Crippen LogP contribution in [0.4, 0.5) is 0 Å². The van der Waals surface area contributed by atoms with Crippen LogP contribution in [-0.2, 0) is 6.42 Å². The van der Waals surface area contributed by atoms with E-state index in [-0.39, 0.29) is 0 Å². The maximum Gasteiger partial charge on any atom is 0.123 e. The molecule has 1 heterocycles. The zero-order valence-electron chi connectivity index (χ0n) is 12.1. The highest BCUT2D eigenvalue weighted by Gasteiger charge is 2.18. The molecule has 108 valence electrons. The lowest BCUT2D eigenvalue weighted by Gasteiger charge is -2.19. The SMILES string of the molecule is CCOc1cc(C)c(Cl)cc1C(CC)Cc1cn[nH]n1. The van der Waals surface area contributed by atoms with Crippen LogP contribution in [0, 0.1) is 6.92 Å². The van der Waals surface area contributed by atoms with Crippen LogP contribution < -0.4 is 4.74 Å². The van der Waals surface area contributed by atoms with Gasteiger partial charge in [0, 0.05) is 11.4 Å². The summed E-state index contributed by atoms with van der Waals surface area (Å²) in [5, 5.41) is 11.4. The van der Waals surface area contributed by atoms with Gasteiger partial charge in [0.2, 0.25) is 0 Å². The number of aromatic amines is 1. The lowest BCUT2D eigenvalue weighted by atomic mass is 9.90. The first-order valence-electron chi connectivity index (χ1n) is 6.93. The lowest BCUT2D eigenvalue weighted by molar-refractivity contribution is 0.333. The lowest BCUT2D eigenvalue weighted by Crippen LogP contribution is -2.06. The van der Waals surface area contributed by atoms with Gasteiger partial charge in [0.25, 0.3) is 0 Å². The number of aromatic nitrogens is 3. The normalized spacial score (nSPS) is 12.4. The van der Waals surface area contributed by atoms with E-state index in [0.29, 0.717) is 12.5 Å². The molecule has 20 heavy (non-hydrogen) atoms. The van der Waals surface area contributed by atoms with Gasteiger partial charge in [0.1, 0.15) is 5.75 Å². The topological polar surface area (TPSA) is 50.8 Å². The van der Waals surface area contributed by atoms with Gasteiger partial charge in [0.05, 0.1) is 18.5 Å². The van der Waals surface area contributed by atoms with Crippen molar-refractivity contribution in [2.45, 2.75) is 39.5 Å². The van der Waals surface area contributed by atoms with Gasteiger partial charge < -0.3 is 4.74 Å². The van der Waals surface area contributed by atoms with Crippen molar-refractivity contribution < 1.29 is 4.74 Å². The molecule has 1 atom stereocenters. The van der Waals surface area contributed by atoms with Gasteiger partial charge in [-0.3, -0.25) is 0 Å². The molecule has 2 aromatic rings. The van der Waals surface area contributed by atoms with Crippen LogP contribution in [-0.4, -0.2) is 22.0 Å². The molecule has 2 rings (SSSR count). The van der Waals surface area contributed by atoms with Crippen LogP contribution in [0.5, 0.6) is 5.75 Å². The summed E-state index contributed by atoms with van der Waals surface area (Å²) in [5.74, 6) is 1.24. The van der Waals surface area contributed by atoms with Gasteiger partial charge >= 0.3 is 0 Å². The molecule has 0 aliphatic carbocycles. The molecule has 4 nitrogen and oxygen atoms in total. The maximum absolute atomic E-state index is 6.28. The Labute approximate surface area is 124 Å². The highest BCUT2D eigenvalue weighted by molar-refractivity contribution is 6.31. The molecule has 0 saturated carbocycles. The van der Waals surface area contributed by atoms with E-state index in [1.807, 2.05) is 26.0 Å². The molecule has 1 N–H and O–H groups in total. The minimum atomic E-state index is 0.319. The fraction of sp³-hybridized carbons (Fsp3) is 0.467. The number of aryl methyl sites for hydroxylation is 1. The van der Waals surface area contributed by atoms with Gasteiger partial charge in [-0.05, 0) is 49.4 Å².